The first-order chi connectivity index (χ1) is 9.47. The number of hydrogen-bond donors (Lipinski definition) is 0. The average molecular weight is 517 g/mol. The normalized spacial score (nSPS) is 8.61. The Kier molecular flexibility index (Phi) is 25.8. The molecule has 126 valence electrons. The monoisotopic (exact) mass is 516 g/mol. The van der Waals surface area contributed by atoms with Crippen LogP contribution < -0.4 is 0 Å². The summed E-state index contributed by atoms with van der Waals surface area (Å²) >= 11 is 4.82. The molecule has 2 radical (unpaired) electrons. The molecule has 1 aromatic rings. The predicted octanol–water partition coefficient (Wildman–Crippen LogP) is 1.64. The van der Waals surface area contributed by atoms with E-state index in [9.17, 15) is 13.2 Å². The molecule has 0 aromatic heterocycles. The van der Waals surface area contributed by atoms with Crippen molar-refractivity contribution in [2.45, 2.75) is 19.2 Å². The fourth-order valence-corrected chi connectivity index (χ4v) is 1.73. The summed E-state index contributed by atoms with van der Waals surface area (Å²) in [5.41, 5.74) is 0.937. The molecule has 0 aliphatic rings. The number of rotatable bonds is 7. The van der Waals surface area contributed by atoms with Crippen molar-refractivity contribution in [1.29, 1.82) is 0 Å². The maximum Gasteiger partial charge on any atom is 0.299 e. The minimum absolute atomic E-state index is 0. The Balaban J connectivity index is -0.000000199. The standard InChI is InChI=1S/C9H9O5S.C2H2ClO2.CH4.2Y/c1-8-2-4-9(5-3-8)15(11,12)14-7-13-6-10;3-1-5-2-4;;;/h2-5H,7H2,1H3;1H2;1H4;;/q2*-1;;;. The summed E-state index contributed by atoms with van der Waals surface area (Å²) in [5.74, 6) is 0. The van der Waals surface area contributed by atoms with Crippen LogP contribution in [0.1, 0.15) is 13.0 Å². The van der Waals surface area contributed by atoms with Crippen LogP contribution in [0.15, 0.2) is 29.2 Å². The van der Waals surface area contributed by atoms with Crippen LogP contribution in [-0.2, 0) is 98.8 Å². The third kappa shape index (κ3) is 15.8. The quantitative estimate of drug-likeness (QED) is 0.179. The van der Waals surface area contributed by atoms with Crippen LogP contribution in [0.4, 0.5) is 0 Å². The van der Waals surface area contributed by atoms with Crippen LogP contribution in [-0.4, -0.2) is 34.2 Å². The Morgan fingerprint density at radius 2 is 1.52 bits per heavy atom. The van der Waals surface area contributed by atoms with Gasteiger partial charge in [0.1, 0.15) is 6.07 Å². The largest absolute Gasteiger partial charge is 0.642 e. The summed E-state index contributed by atoms with van der Waals surface area (Å²) < 4.78 is 35.0. The zero-order valence-corrected chi connectivity index (χ0v) is 18.8. The Bertz CT molecular complexity index is 509. The van der Waals surface area contributed by atoms with Gasteiger partial charge in [0.2, 0.25) is 0 Å². The second kappa shape index (κ2) is 18.9. The van der Waals surface area contributed by atoms with E-state index in [0.29, 0.717) is 0 Å². The van der Waals surface area contributed by atoms with Crippen LogP contribution in [0.25, 0.3) is 0 Å². The predicted molar refractivity (Wildman–Crippen MR) is 75.3 cm³/mol. The van der Waals surface area contributed by atoms with Crippen molar-refractivity contribution < 1.29 is 97.1 Å². The van der Waals surface area contributed by atoms with Crippen molar-refractivity contribution in [3.8, 4) is 0 Å². The van der Waals surface area contributed by atoms with E-state index in [1.54, 1.807) is 12.1 Å². The van der Waals surface area contributed by atoms with Crippen LogP contribution in [0.2, 0.25) is 0 Å². The molecule has 0 spiro atoms. The summed E-state index contributed by atoms with van der Waals surface area (Å²) in [4.78, 5) is 18.6. The zero-order valence-electron chi connectivity index (χ0n) is 11.5. The molecule has 0 saturated heterocycles. The van der Waals surface area contributed by atoms with Gasteiger partial charge in [-0.2, -0.15) is 8.42 Å². The summed E-state index contributed by atoms with van der Waals surface area (Å²) in [7, 11) is -3.85. The van der Waals surface area contributed by atoms with Crippen LogP contribution in [0.5, 0.6) is 0 Å². The number of ether oxygens (including phenoxy) is 2. The minimum Gasteiger partial charge on any atom is -0.642 e. The van der Waals surface area contributed by atoms with Crippen molar-refractivity contribution in [1.82, 2.24) is 0 Å². The van der Waals surface area contributed by atoms with Gasteiger partial charge in [-0.25, -0.2) is 4.18 Å². The maximum atomic E-state index is 11.4. The van der Waals surface area contributed by atoms with Gasteiger partial charge >= 0.3 is 0 Å². The van der Waals surface area contributed by atoms with Gasteiger partial charge in [-0.1, -0.05) is 49.7 Å². The molecule has 0 bridgehead atoms. The molecule has 0 fully saturated rings. The fourth-order valence-electron chi connectivity index (χ4n) is 0.907. The first-order valence-electron chi connectivity index (χ1n) is 4.98. The molecule has 0 aliphatic carbocycles. The number of aryl methyl sites for hydroxylation is 1. The van der Waals surface area contributed by atoms with Crippen molar-refractivity contribution in [3.63, 3.8) is 0 Å². The van der Waals surface area contributed by atoms with Gasteiger partial charge in [0.05, 0.1) is 4.90 Å². The second-order valence-electron chi connectivity index (χ2n) is 3.07. The van der Waals surface area contributed by atoms with E-state index >= 15 is 0 Å². The maximum absolute atomic E-state index is 11.4. The number of carbonyl (C=O) groups excluding carboxylic acids is 2. The third-order valence-electron chi connectivity index (χ3n) is 1.74. The van der Waals surface area contributed by atoms with Gasteiger partial charge in [-0.3, -0.25) is 0 Å². The van der Waals surface area contributed by atoms with Crippen molar-refractivity contribution in [2.24, 2.45) is 0 Å². The number of benzene rings is 1. The summed E-state index contributed by atoms with van der Waals surface area (Å²) in [6.07, 6.45) is 0. The number of hydrogen-bond acceptors (Lipinski definition) is 7. The second-order valence-corrected chi connectivity index (χ2v) is 4.90. The minimum atomic E-state index is -3.85. The fraction of sp³-hybridized carbons (Fsp3) is 0.333. The summed E-state index contributed by atoms with van der Waals surface area (Å²) in [6.45, 7) is 3.36. The van der Waals surface area contributed by atoms with E-state index in [1.807, 2.05) is 6.92 Å². The Labute approximate surface area is 191 Å². The van der Waals surface area contributed by atoms with Gasteiger partial charge in [0.15, 0.2) is 6.79 Å². The topological polar surface area (TPSA) is 96.0 Å². The van der Waals surface area contributed by atoms with Crippen LogP contribution in [0, 0.1) is 6.92 Å². The third-order valence-corrected chi connectivity index (χ3v) is 3.11. The molecule has 23 heavy (non-hydrogen) atoms. The first kappa shape index (κ1) is 31.3. The van der Waals surface area contributed by atoms with Gasteiger partial charge < -0.3 is 19.1 Å². The van der Waals surface area contributed by atoms with E-state index in [2.05, 4.69) is 13.7 Å². The SMILES string of the molecule is C.Cc1ccc(S(=O)(=O)OCO[C-]=O)cc1.O=[C-]OCCl.[Y].[Y]. The van der Waals surface area contributed by atoms with E-state index in [-0.39, 0.29) is 83.8 Å². The molecule has 0 atom stereocenters. The van der Waals surface area contributed by atoms with E-state index in [4.69, 9.17) is 16.4 Å². The summed E-state index contributed by atoms with van der Waals surface area (Å²) in [5, 5.41) is 0. The molecular formula is C12H15ClO7SY2-2. The molecule has 11 heteroatoms. The Hall–Kier alpha value is 0.568. The van der Waals surface area contributed by atoms with Gasteiger partial charge in [0, 0.05) is 65.4 Å². The Morgan fingerprint density at radius 1 is 1.04 bits per heavy atom. The molecule has 0 amide bonds. The molecule has 1 rings (SSSR count). The van der Waals surface area contributed by atoms with Crippen molar-refractivity contribution in [3.05, 3.63) is 29.8 Å². The zero-order chi connectivity index (χ0) is 15.4. The van der Waals surface area contributed by atoms with Crippen LogP contribution >= 0.6 is 11.6 Å². The average Bonchev–Trinajstić information content (AvgIpc) is 2.41. The molecule has 0 N–H and O–H groups in total. The molecule has 0 heterocycles. The molecule has 1 aromatic carbocycles. The van der Waals surface area contributed by atoms with Gasteiger partial charge in [0.25, 0.3) is 10.1 Å². The number of alkyl halides is 1. The molecule has 0 unspecified atom stereocenters. The molecule has 0 aliphatic heterocycles. The van der Waals surface area contributed by atoms with Crippen LogP contribution in [0.3, 0.4) is 0 Å². The van der Waals surface area contributed by atoms with Crippen molar-refractivity contribution in [2.75, 3.05) is 12.9 Å². The van der Waals surface area contributed by atoms with E-state index < -0.39 is 16.9 Å². The van der Waals surface area contributed by atoms with Gasteiger partial charge in [-0.05, 0) is 19.1 Å². The molecular weight excluding hydrogens is 501 g/mol. The van der Waals surface area contributed by atoms with Gasteiger partial charge in [-0.15, -0.1) is 0 Å². The molecule has 7 nitrogen and oxygen atoms in total. The molecule has 0 saturated carbocycles. The van der Waals surface area contributed by atoms with Crippen molar-refractivity contribution >= 4 is 34.7 Å². The van der Waals surface area contributed by atoms with E-state index in [0.717, 1.165) is 18.5 Å². The Morgan fingerprint density at radius 3 is 1.87 bits per heavy atom. The summed E-state index contributed by atoms with van der Waals surface area (Å²) in [6, 6.07) is 6.00. The van der Waals surface area contributed by atoms with E-state index in [1.165, 1.54) is 12.1 Å². The number of halogens is 1. The smallest absolute Gasteiger partial charge is 0.299 e. The first-order valence-corrected chi connectivity index (χ1v) is 6.92.